The van der Waals surface area contributed by atoms with Crippen LogP contribution in [0.15, 0.2) is 89.8 Å². The van der Waals surface area contributed by atoms with Crippen LogP contribution in [0.25, 0.3) is 11.1 Å². The number of ether oxygens (including phenoxy) is 1. The summed E-state index contributed by atoms with van der Waals surface area (Å²) in [6, 6.07) is 26.4. The molecule has 0 aliphatic carbocycles. The van der Waals surface area contributed by atoms with Crippen molar-refractivity contribution in [2.75, 3.05) is 39.3 Å². The van der Waals surface area contributed by atoms with E-state index in [-0.39, 0.29) is 6.61 Å². The summed E-state index contributed by atoms with van der Waals surface area (Å²) in [6.45, 7) is 2.61. The van der Waals surface area contributed by atoms with E-state index in [2.05, 4.69) is 17.0 Å². The molecule has 3 aromatic rings. The number of benzene rings is 3. The summed E-state index contributed by atoms with van der Waals surface area (Å²) >= 11 is 0. The SMILES string of the molecule is O=S(=O)(c1ccccc1)N1CCN(C[C@H](O)COc2ccc(-c3ccccc3)cc2)CC1. The Morgan fingerprint density at radius 1 is 0.781 bits per heavy atom. The molecule has 3 aromatic carbocycles. The zero-order valence-corrected chi connectivity index (χ0v) is 18.7. The van der Waals surface area contributed by atoms with E-state index < -0.39 is 16.1 Å². The zero-order chi connectivity index (χ0) is 22.4. The summed E-state index contributed by atoms with van der Waals surface area (Å²) in [5.41, 5.74) is 2.26. The van der Waals surface area contributed by atoms with Crippen LogP contribution in [0.1, 0.15) is 0 Å². The summed E-state index contributed by atoms with van der Waals surface area (Å²) in [5, 5.41) is 10.4. The minimum Gasteiger partial charge on any atom is -0.491 e. The Kier molecular flexibility index (Phi) is 7.22. The molecular formula is C25H28N2O4S. The van der Waals surface area contributed by atoms with Crippen LogP contribution in [0.3, 0.4) is 0 Å². The molecule has 0 saturated carbocycles. The highest BCUT2D eigenvalue weighted by molar-refractivity contribution is 7.89. The second-order valence-electron chi connectivity index (χ2n) is 7.87. The zero-order valence-electron chi connectivity index (χ0n) is 17.9. The lowest BCUT2D eigenvalue weighted by Gasteiger charge is -2.34. The van der Waals surface area contributed by atoms with E-state index in [1.54, 1.807) is 30.3 Å². The van der Waals surface area contributed by atoms with Gasteiger partial charge in [0.25, 0.3) is 0 Å². The second kappa shape index (κ2) is 10.3. The van der Waals surface area contributed by atoms with Gasteiger partial charge in [-0.05, 0) is 35.4 Å². The first kappa shape index (κ1) is 22.5. The van der Waals surface area contributed by atoms with Crippen LogP contribution in [0.2, 0.25) is 0 Å². The van der Waals surface area contributed by atoms with Crippen LogP contribution in [0, 0.1) is 0 Å². The van der Waals surface area contributed by atoms with E-state index >= 15 is 0 Å². The Hall–Kier alpha value is -2.71. The lowest BCUT2D eigenvalue weighted by molar-refractivity contribution is 0.0569. The average Bonchev–Trinajstić information content (AvgIpc) is 2.84. The third-order valence-corrected chi connectivity index (χ3v) is 7.50. The molecule has 1 atom stereocenters. The number of aliphatic hydroxyl groups excluding tert-OH is 1. The van der Waals surface area contributed by atoms with Crippen molar-refractivity contribution >= 4 is 10.0 Å². The van der Waals surface area contributed by atoms with Gasteiger partial charge in [-0.25, -0.2) is 8.42 Å². The van der Waals surface area contributed by atoms with Gasteiger partial charge in [-0.1, -0.05) is 60.7 Å². The Morgan fingerprint density at radius 3 is 1.97 bits per heavy atom. The lowest BCUT2D eigenvalue weighted by Crippen LogP contribution is -2.50. The number of nitrogens with zero attached hydrogens (tertiary/aromatic N) is 2. The van der Waals surface area contributed by atoms with Gasteiger partial charge in [-0.2, -0.15) is 4.31 Å². The van der Waals surface area contributed by atoms with Gasteiger partial charge >= 0.3 is 0 Å². The largest absolute Gasteiger partial charge is 0.491 e. The van der Waals surface area contributed by atoms with Crippen LogP contribution < -0.4 is 4.74 Å². The Bertz CT molecular complexity index is 1080. The number of β-amino-alcohol motifs (C(OH)–C–C–N with tert-alkyl or cyclic N) is 1. The van der Waals surface area contributed by atoms with Crippen LogP contribution in [0.5, 0.6) is 5.75 Å². The van der Waals surface area contributed by atoms with Crippen LogP contribution >= 0.6 is 0 Å². The van der Waals surface area contributed by atoms with E-state index in [0.717, 1.165) is 11.1 Å². The quantitative estimate of drug-likeness (QED) is 0.569. The van der Waals surface area contributed by atoms with Gasteiger partial charge in [0, 0.05) is 32.7 Å². The molecule has 1 N–H and O–H groups in total. The number of piperazine rings is 1. The van der Waals surface area contributed by atoms with Gasteiger partial charge in [0.15, 0.2) is 0 Å². The van der Waals surface area contributed by atoms with Crippen molar-refractivity contribution < 1.29 is 18.3 Å². The molecule has 0 spiro atoms. The average molecular weight is 453 g/mol. The van der Waals surface area contributed by atoms with Crippen LogP contribution in [-0.4, -0.2) is 68.2 Å². The number of aliphatic hydroxyl groups is 1. The fourth-order valence-corrected chi connectivity index (χ4v) is 5.25. The first-order valence-corrected chi connectivity index (χ1v) is 12.2. The smallest absolute Gasteiger partial charge is 0.243 e. The van der Waals surface area contributed by atoms with Gasteiger partial charge in [0.05, 0.1) is 4.90 Å². The molecule has 7 heteroatoms. The van der Waals surface area contributed by atoms with Crippen molar-refractivity contribution in [2.24, 2.45) is 0 Å². The van der Waals surface area contributed by atoms with E-state index in [1.807, 2.05) is 42.5 Å². The molecule has 6 nitrogen and oxygen atoms in total. The predicted molar refractivity (Wildman–Crippen MR) is 125 cm³/mol. The second-order valence-corrected chi connectivity index (χ2v) is 9.81. The molecule has 1 aliphatic rings. The van der Waals surface area contributed by atoms with Gasteiger partial charge in [-0.15, -0.1) is 0 Å². The highest BCUT2D eigenvalue weighted by Crippen LogP contribution is 2.22. The van der Waals surface area contributed by atoms with Crippen molar-refractivity contribution in [2.45, 2.75) is 11.0 Å². The Morgan fingerprint density at radius 2 is 1.34 bits per heavy atom. The standard InChI is InChI=1S/C25H28N2O4S/c28-23(20-31-24-13-11-22(12-14-24)21-7-3-1-4-8-21)19-26-15-17-27(18-16-26)32(29,30)25-9-5-2-6-10-25/h1-14,23,28H,15-20H2/t23-/m0/s1. The summed E-state index contributed by atoms with van der Waals surface area (Å²) in [4.78, 5) is 2.39. The maximum Gasteiger partial charge on any atom is 0.243 e. The van der Waals surface area contributed by atoms with Gasteiger partial charge in [0.1, 0.15) is 18.5 Å². The van der Waals surface area contributed by atoms with E-state index in [1.165, 1.54) is 4.31 Å². The molecule has 0 bridgehead atoms. The lowest BCUT2D eigenvalue weighted by atomic mass is 10.1. The maximum absolute atomic E-state index is 12.7. The third kappa shape index (κ3) is 5.55. The Labute approximate surface area is 189 Å². The molecule has 32 heavy (non-hydrogen) atoms. The molecule has 4 rings (SSSR count). The monoisotopic (exact) mass is 452 g/mol. The minimum absolute atomic E-state index is 0.188. The molecule has 0 unspecified atom stereocenters. The van der Waals surface area contributed by atoms with E-state index in [0.29, 0.717) is 43.4 Å². The van der Waals surface area contributed by atoms with Crippen molar-refractivity contribution in [3.63, 3.8) is 0 Å². The minimum atomic E-state index is -3.46. The molecule has 0 amide bonds. The van der Waals surface area contributed by atoms with Crippen molar-refractivity contribution in [3.8, 4) is 16.9 Å². The maximum atomic E-state index is 12.7. The fourth-order valence-electron chi connectivity index (χ4n) is 3.81. The van der Waals surface area contributed by atoms with Gasteiger partial charge in [-0.3, -0.25) is 4.90 Å². The fraction of sp³-hybridized carbons (Fsp3) is 0.280. The molecule has 1 aliphatic heterocycles. The van der Waals surface area contributed by atoms with Gasteiger partial charge in [0.2, 0.25) is 10.0 Å². The molecule has 1 heterocycles. The first-order chi connectivity index (χ1) is 15.5. The molecule has 1 saturated heterocycles. The molecule has 168 valence electrons. The summed E-state index contributed by atoms with van der Waals surface area (Å²) in [7, 11) is -3.46. The highest BCUT2D eigenvalue weighted by Gasteiger charge is 2.28. The van der Waals surface area contributed by atoms with E-state index in [4.69, 9.17) is 4.74 Å². The molecule has 0 radical (unpaired) electrons. The highest BCUT2D eigenvalue weighted by atomic mass is 32.2. The summed E-state index contributed by atoms with van der Waals surface area (Å²) < 4.78 is 32.7. The number of rotatable bonds is 8. The first-order valence-electron chi connectivity index (χ1n) is 10.8. The van der Waals surface area contributed by atoms with Crippen molar-refractivity contribution in [3.05, 3.63) is 84.9 Å². The molecular weight excluding hydrogens is 424 g/mol. The molecule has 1 fully saturated rings. The van der Waals surface area contributed by atoms with Crippen LogP contribution in [-0.2, 0) is 10.0 Å². The van der Waals surface area contributed by atoms with Crippen molar-refractivity contribution in [1.29, 1.82) is 0 Å². The van der Waals surface area contributed by atoms with Crippen molar-refractivity contribution in [1.82, 2.24) is 9.21 Å². The molecule has 0 aromatic heterocycles. The topological polar surface area (TPSA) is 70.1 Å². The predicted octanol–water partition coefficient (Wildman–Crippen LogP) is 3.10. The number of hydrogen-bond acceptors (Lipinski definition) is 5. The van der Waals surface area contributed by atoms with Crippen LogP contribution in [0.4, 0.5) is 0 Å². The summed E-state index contributed by atoms with van der Waals surface area (Å²) in [5.74, 6) is 0.711. The number of sulfonamides is 1. The van der Waals surface area contributed by atoms with Gasteiger partial charge < -0.3 is 9.84 Å². The third-order valence-electron chi connectivity index (χ3n) is 5.59. The normalized spacial score (nSPS) is 16.5. The van der Waals surface area contributed by atoms with E-state index in [9.17, 15) is 13.5 Å². The summed E-state index contributed by atoms with van der Waals surface area (Å²) in [6.07, 6.45) is -0.652. The Balaban J connectivity index is 1.23. The number of hydrogen-bond donors (Lipinski definition) is 1.